The van der Waals surface area contributed by atoms with Crippen molar-refractivity contribution in [2.45, 2.75) is 26.4 Å². The van der Waals surface area contributed by atoms with Crippen molar-refractivity contribution in [1.29, 1.82) is 5.26 Å². The Hall–Kier alpha value is -2.55. The van der Waals surface area contributed by atoms with Crippen LogP contribution in [0.4, 0.5) is 5.69 Å². The van der Waals surface area contributed by atoms with E-state index in [0.29, 0.717) is 6.61 Å². The Morgan fingerprint density at radius 3 is 2.73 bits per heavy atom. The lowest BCUT2D eigenvalue weighted by Crippen LogP contribution is -2.27. The van der Waals surface area contributed by atoms with Gasteiger partial charge in [-0.3, -0.25) is 9.59 Å². The van der Waals surface area contributed by atoms with Gasteiger partial charge in [-0.05, 0) is 38.1 Å². The molecule has 1 aromatic rings. The number of carbonyl (C=O) groups is 2. The molecule has 1 aliphatic heterocycles. The van der Waals surface area contributed by atoms with Crippen molar-refractivity contribution in [3.63, 3.8) is 0 Å². The molecule has 1 fully saturated rings. The summed E-state index contributed by atoms with van der Waals surface area (Å²) in [5.74, 6) is -0.432. The molecule has 0 saturated carbocycles. The number of rotatable bonds is 5. The fraction of sp³-hybridized carbons (Fsp3) is 0.438. The molecule has 6 nitrogen and oxygen atoms in total. The van der Waals surface area contributed by atoms with Crippen molar-refractivity contribution >= 4 is 17.6 Å². The zero-order valence-corrected chi connectivity index (χ0v) is 12.6. The molecule has 0 N–H and O–H groups in total. The Morgan fingerprint density at radius 2 is 2.14 bits per heavy atom. The van der Waals surface area contributed by atoms with Crippen molar-refractivity contribution in [3.05, 3.63) is 24.3 Å². The van der Waals surface area contributed by atoms with Gasteiger partial charge in [0.15, 0.2) is 6.10 Å². The smallest absolute Gasteiger partial charge is 0.312 e. The number of carbonyl (C=O) groups excluding carboxylic acids is 2. The second kappa shape index (κ2) is 6.94. The highest BCUT2D eigenvalue weighted by molar-refractivity contribution is 5.99. The molecule has 6 heteroatoms. The van der Waals surface area contributed by atoms with Crippen LogP contribution in [-0.4, -0.2) is 31.1 Å². The summed E-state index contributed by atoms with van der Waals surface area (Å²) >= 11 is 0. The third-order valence-electron chi connectivity index (χ3n) is 3.39. The van der Waals surface area contributed by atoms with Gasteiger partial charge in [-0.15, -0.1) is 0 Å². The lowest BCUT2D eigenvalue weighted by atomic mass is 10.1. The van der Waals surface area contributed by atoms with Gasteiger partial charge in [0.1, 0.15) is 11.8 Å². The Kier molecular flexibility index (Phi) is 4.99. The number of nitrogens with zero attached hydrogens (tertiary/aromatic N) is 2. The van der Waals surface area contributed by atoms with E-state index in [1.165, 1.54) is 6.92 Å². The van der Waals surface area contributed by atoms with Crippen LogP contribution in [0.2, 0.25) is 0 Å². The number of hydrogen-bond donors (Lipinski definition) is 0. The van der Waals surface area contributed by atoms with Crippen molar-refractivity contribution in [2.75, 3.05) is 18.1 Å². The Balaban J connectivity index is 2.03. The summed E-state index contributed by atoms with van der Waals surface area (Å²) in [7, 11) is 0. The lowest BCUT2D eigenvalue weighted by Gasteiger charge is -2.17. The summed E-state index contributed by atoms with van der Waals surface area (Å²) in [4.78, 5) is 25.5. The van der Waals surface area contributed by atoms with E-state index in [-0.39, 0.29) is 18.9 Å². The summed E-state index contributed by atoms with van der Waals surface area (Å²) in [5.41, 5.74) is 0.720. The molecule has 0 radical (unpaired) electrons. The first-order valence-electron chi connectivity index (χ1n) is 7.18. The summed E-state index contributed by atoms with van der Waals surface area (Å²) in [6.07, 6.45) is -0.702. The van der Waals surface area contributed by atoms with Gasteiger partial charge < -0.3 is 14.4 Å². The molecule has 1 amide bonds. The third kappa shape index (κ3) is 3.55. The SMILES string of the molecule is CCOc1ccc(N2CC(C(=O)OC(C)C#N)CC2=O)cc1. The van der Waals surface area contributed by atoms with Crippen LogP contribution in [0, 0.1) is 17.2 Å². The summed E-state index contributed by atoms with van der Waals surface area (Å²) < 4.78 is 10.3. The minimum Gasteiger partial charge on any atom is -0.494 e. The molecule has 116 valence electrons. The fourth-order valence-corrected chi connectivity index (χ4v) is 2.30. The number of ether oxygens (including phenoxy) is 2. The standard InChI is InChI=1S/C16H18N2O4/c1-3-21-14-6-4-13(5-7-14)18-10-12(8-15(18)19)16(20)22-11(2)9-17/h4-7,11-12H,3,8,10H2,1-2H3. The monoisotopic (exact) mass is 302 g/mol. The van der Waals surface area contributed by atoms with E-state index in [4.69, 9.17) is 14.7 Å². The number of esters is 1. The van der Waals surface area contributed by atoms with E-state index < -0.39 is 18.0 Å². The molecular formula is C16H18N2O4. The van der Waals surface area contributed by atoms with E-state index >= 15 is 0 Å². The highest BCUT2D eigenvalue weighted by Crippen LogP contribution is 2.27. The van der Waals surface area contributed by atoms with Gasteiger partial charge in [0.05, 0.1) is 12.5 Å². The van der Waals surface area contributed by atoms with Gasteiger partial charge >= 0.3 is 5.97 Å². The van der Waals surface area contributed by atoms with Crippen molar-refractivity contribution in [3.8, 4) is 11.8 Å². The molecule has 1 saturated heterocycles. The van der Waals surface area contributed by atoms with Crippen LogP contribution in [0.5, 0.6) is 5.75 Å². The molecule has 1 heterocycles. The van der Waals surface area contributed by atoms with Gasteiger partial charge in [-0.1, -0.05) is 0 Å². The number of anilines is 1. The average molecular weight is 302 g/mol. The molecule has 0 bridgehead atoms. The maximum atomic E-state index is 12.1. The number of benzene rings is 1. The molecule has 2 rings (SSSR count). The number of amides is 1. The second-order valence-corrected chi connectivity index (χ2v) is 5.04. The first-order valence-corrected chi connectivity index (χ1v) is 7.18. The predicted octanol–water partition coefficient (Wildman–Crippen LogP) is 1.89. The number of hydrogen-bond acceptors (Lipinski definition) is 5. The zero-order valence-electron chi connectivity index (χ0n) is 12.6. The minimum atomic E-state index is -0.804. The predicted molar refractivity (Wildman–Crippen MR) is 79.2 cm³/mol. The summed E-state index contributed by atoms with van der Waals surface area (Å²) in [6, 6.07) is 8.98. The van der Waals surface area contributed by atoms with Crippen LogP contribution in [0.15, 0.2) is 24.3 Å². The van der Waals surface area contributed by atoms with Gasteiger partial charge in [-0.2, -0.15) is 5.26 Å². The fourth-order valence-electron chi connectivity index (χ4n) is 2.30. The van der Waals surface area contributed by atoms with Crippen LogP contribution in [0.1, 0.15) is 20.3 Å². The highest BCUT2D eigenvalue weighted by Gasteiger charge is 2.36. The average Bonchev–Trinajstić information content (AvgIpc) is 2.90. The van der Waals surface area contributed by atoms with E-state index in [2.05, 4.69) is 0 Å². The first kappa shape index (κ1) is 15.8. The molecule has 0 aromatic heterocycles. The zero-order chi connectivity index (χ0) is 16.1. The van der Waals surface area contributed by atoms with Crippen molar-refractivity contribution in [1.82, 2.24) is 0 Å². The minimum absolute atomic E-state index is 0.101. The summed E-state index contributed by atoms with van der Waals surface area (Å²) in [5, 5.41) is 8.66. The molecule has 0 aliphatic carbocycles. The highest BCUT2D eigenvalue weighted by atomic mass is 16.5. The third-order valence-corrected chi connectivity index (χ3v) is 3.39. The van der Waals surface area contributed by atoms with E-state index in [9.17, 15) is 9.59 Å². The van der Waals surface area contributed by atoms with E-state index in [1.54, 1.807) is 29.2 Å². The molecule has 1 aromatic carbocycles. The van der Waals surface area contributed by atoms with Gasteiger partial charge in [-0.25, -0.2) is 0 Å². The summed E-state index contributed by atoms with van der Waals surface area (Å²) in [6.45, 7) is 4.24. The van der Waals surface area contributed by atoms with Crippen LogP contribution in [0.25, 0.3) is 0 Å². The molecular weight excluding hydrogens is 284 g/mol. The van der Waals surface area contributed by atoms with Crippen LogP contribution in [0.3, 0.4) is 0 Å². The molecule has 1 aliphatic rings. The normalized spacial score (nSPS) is 18.7. The Labute approximate surface area is 129 Å². The quantitative estimate of drug-likeness (QED) is 0.776. The molecule has 2 unspecified atom stereocenters. The molecule has 0 spiro atoms. The second-order valence-electron chi connectivity index (χ2n) is 5.04. The topological polar surface area (TPSA) is 79.6 Å². The maximum Gasteiger partial charge on any atom is 0.312 e. The van der Waals surface area contributed by atoms with E-state index in [0.717, 1.165) is 11.4 Å². The van der Waals surface area contributed by atoms with Crippen LogP contribution < -0.4 is 9.64 Å². The van der Waals surface area contributed by atoms with Crippen molar-refractivity contribution < 1.29 is 19.1 Å². The largest absolute Gasteiger partial charge is 0.494 e. The van der Waals surface area contributed by atoms with Gasteiger partial charge in [0.2, 0.25) is 5.91 Å². The molecule has 22 heavy (non-hydrogen) atoms. The Morgan fingerprint density at radius 1 is 1.45 bits per heavy atom. The van der Waals surface area contributed by atoms with E-state index in [1.807, 2.05) is 13.0 Å². The van der Waals surface area contributed by atoms with Crippen LogP contribution in [-0.2, 0) is 14.3 Å². The lowest BCUT2D eigenvalue weighted by molar-refractivity contribution is -0.150. The maximum absolute atomic E-state index is 12.1. The van der Waals surface area contributed by atoms with Crippen molar-refractivity contribution in [2.24, 2.45) is 5.92 Å². The first-order chi connectivity index (χ1) is 10.5. The molecule has 2 atom stereocenters. The number of nitriles is 1. The Bertz CT molecular complexity index is 591. The van der Waals surface area contributed by atoms with Crippen LogP contribution >= 0.6 is 0 Å². The van der Waals surface area contributed by atoms with Gasteiger partial charge in [0, 0.05) is 18.7 Å². The van der Waals surface area contributed by atoms with Gasteiger partial charge in [0.25, 0.3) is 0 Å².